The summed E-state index contributed by atoms with van der Waals surface area (Å²) in [5.41, 5.74) is 0.107. The molecule has 1 unspecified atom stereocenters. The third kappa shape index (κ3) is 3.71. The van der Waals surface area contributed by atoms with E-state index in [0.717, 1.165) is 44.7 Å². The minimum Gasteiger partial charge on any atom is -0.337 e. The normalized spacial score (nSPS) is 21.0. The van der Waals surface area contributed by atoms with E-state index in [-0.39, 0.29) is 11.9 Å². The lowest BCUT2D eigenvalue weighted by atomic mass is 9.98. The molecule has 2 aliphatic rings. The van der Waals surface area contributed by atoms with Crippen LogP contribution in [0.5, 0.6) is 0 Å². The summed E-state index contributed by atoms with van der Waals surface area (Å²) in [6, 6.07) is 4.37. The number of alkyl halides is 3. The van der Waals surface area contributed by atoms with Gasteiger partial charge in [0.1, 0.15) is 0 Å². The van der Waals surface area contributed by atoms with Crippen molar-refractivity contribution in [3.63, 3.8) is 0 Å². The topological polar surface area (TPSA) is 51.0 Å². The Kier molecular flexibility index (Phi) is 4.27. The van der Waals surface area contributed by atoms with E-state index in [4.69, 9.17) is 4.52 Å². The molecule has 7 heteroatoms. The van der Waals surface area contributed by atoms with E-state index in [1.54, 1.807) is 12.1 Å². The molecule has 1 saturated carbocycles. The van der Waals surface area contributed by atoms with Gasteiger partial charge in [0.25, 0.3) is 0 Å². The molecule has 0 amide bonds. The van der Waals surface area contributed by atoms with Gasteiger partial charge in [-0.05, 0) is 49.8 Å². The SMILES string of the molecule is FC(F)(F)c1cc(-c2noc(C3CCCN3)n2)ccc1CCC1CC1. The standard InChI is InChI=1S/C18H20F3N3O/c19-18(20,21)14-10-13(8-7-12(14)6-5-11-3-4-11)16-23-17(25-24-16)15-2-1-9-22-15/h7-8,10-11,15,22H,1-6,9H2. The first-order valence-electron chi connectivity index (χ1n) is 8.78. The summed E-state index contributed by atoms with van der Waals surface area (Å²) in [7, 11) is 0. The van der Waals surface area contributed by atoms with Crippen LogP contribution in [0, 0.1) is 5.92 Å². The highest BCUT2D eigenvalue weighted by Gasteiger charge is 2.34. The zero-order valence-electron chi connectivity index (χ0n) is 13.8. The average molecular weight is 351 g/mol. The first-order chi connectivity index (χ1) is 12.0. The minimum atomic E-state index is -4.38. The predicted molar refractivity (Wildman–Crippen MR) is 85.8 cm³/mol. The number of hydrogen-bond acceptors (Lipinski definition) is 4. The number of aryl methyl sites for hydroxylation is 1. The molecular formula is C18H20F3N3O. The fraction of sp³-hybridized carbons (Fsp3) is 0.556. The molecule has 1 aliphatic carbocycles. The van der Waals surface area contributed by atoms with E-state index < -0.39 is 11.7 Å². The number of aromatic nitrogens is 2. The summed E-state index contributed by atoms with van der Waals surface area (Å²) in [6.07, 6.45) is 1.10. The number of hydrogen-bond donors (Lipinski definition) is 1. The second kappa shape index (κ2) is 6.44. The monoisotopic (exact) mass is 351 g/mol. The van der Waals surface area contributed by atoms with Crippen LogP contribution in [0.4, 0.5) is 13.2 Å². The van der Waals surface area contributed by atoms with Crippen LogP contribution in [0.25, 0.3) is 11.4 Å². The molecule has 4 nitrogen and oxygen atoms in total. The average Bonchev–Trinajstić information content (AvgIpc) is 3.05. The Morgan fingerprint density at radius 1 is 1.20 bits per heavy atom. The molecule has 2 aromatic rings. The van der Waals surface area contributed by atoms with Gasteiger partial charge in [0.15, 0.2) is 0 Å². The first kappa shape index (κ1) is 16.6. The van der Waals surface area contributed by atoms with Crippen molar-refractivity contribution >= 4 is 0 Å². The fourth-order valence-corrected chi connectivity index (χ4v) is 3.35. The lowest BCUT2D eigenvalue weighted by Gasteiger charge is -2.13. The molecule has 1 atom stereocenters. The van der Waals surface area contributed by atoms with Crippen molar-refractivity contribution in [1.82, 2.24) is 15.5 Å². The van der Waals surface area contributed by atoms with E-state index in [0.29, 0.717) is 29.4 Å². The summed E-state index contributed by atoms with van der Waals surface area (Å²) in [5, 5.41) is 7.11. The van der Waals surface area contributed by atoms with Gasteiger partial charge < -0.3 is 9.84 Å². The van der Waals surface area contributed by atoms with Gasteiger partial charge in [-0.15, -0.1) is 0 Å². The molecule has 0 spiro atoms. The van der Waals surface area contributed by atoms with Crippen molar-refractivity contribution in [2.75, 3.05) is 6.54 Å². The Hall–Kier alpha value is -1.89. The molecule has 4 rings (SSSR count). The molecule has 134 valence electrons. The van der Waals surface area contributed by atoms with Crippen LogP contribution >= 0.6 is 0 Å². The third-order valence-corrected chi connectivity index (χ3v) is 4.99. The Labute approximate surface area is 143 Å². The molecule has 0 radical (unpaired) electrons. The second-order valence-corrected chi connectivity index (χ2v) is 6.96. The molecule has 1 aliphatic heterocycles. The number of nitrogens with zero attached hydrogens (tertiary/aromatic N) is 2. The van der Waals surface area contributed by atoms with Crippen molar-refractivity contribution in [1.29, 1.82) is 0 Å². The zero-order valence-corrected chi connectivity index (χ0v) is 13.8. The maximum Gasteiger partial charge on any atom is 0.416 e. The summed E-state index contributed by atoms with van der Waals surface area (Å²) >= 11 is 0. The fourth-order valence-electron chi connectivity index (χ4n) is 3.35. The van der Waals surface area contributed by atoms with Crippen molar-refractivity contribution in [2.24, 2.45) is 5.92 Å². The van der Waals surface area contributed by atoms with Crippen molar-refractivity contribution < 1.29 is 17.7 Å². The van der Waals surface area contributed by atoms with E-state index in [1.165, 1.54) is 0 Å². The number of benzene rings is 1. The predicted octanol–water partition coefficient (Wildman–Crippen LogP) is 4.52. The Bertz CT molecular complexity index is 746. The number of rotatable bonds is 5. The number of nitrogens with one attached hydrogen (secondary N) is 1. The van der Waals surface area contributed by atoms with Gasteiger partial charge in [0.2, 0.25) is 11.7 Å². The van der Waals surface area contributed by atoms with Crippen LogP contribution in [0.3, 0.4) is 0 Å². The van der Waals surface area contributed by atoms with Gasteiger partial charge in [-0.2, -0.15) is 18.2 Å². The number of halogens is 3. The van der Waals surface area contributed by atoms with Gasteiger partial charge in [-0.1, -0.05) is 30.1 Å². The van der Waals surface area contributed by atoms with Gasteiger partial charge in [-0.25, -0.2) is 0 Å². The zero-order chi connectivity index (χ0) is 17.4. The Morgan fingerprint density at radius 3 is 2.72 bits per heavy atom. The van der Waals surface area contributed by atoms with Gasteiger partial charge >= 0.3 is 6.18 Å². The lowest BCUT2D eigenvalue weighted by molar-refractivity contribution is -0.138. The third-order valence-electron chi connectivity index (χ3n) is 4.99. The van der Waals surface area contributed by atoms with Crippen LogP contribution in [0.15, 0.2) is 22.7 Å². The molecular weight excluding hydrogens is 331 g/mol. The molecule has 2 fully saturated rings. The van der Waals surface area contributed by atoms with Gasteiger partial charge in [0.05, 0.1) is 11.6 Å². The van der Waals surface area contributed by atoms with Crippen molar-refractivity contribution in [2.45, 2.75) is 50.7 Å². The first-order valence-corrected chi connectivity index (χ1v) is 8.78. The molecule has 1 N–H and O–H groups in total. The molecule has 1 aromatic carbocycles. The van der Waals surface area contributed by atoms with E-state index >= 15 is 0 Å². The minimum absolute atomic E-state index is 0.00107. The van der Waals surface area contributed by atoms with Crippen LogP contribution in [0.2, 0.25) is 0 Å². The van der Waals surface area contributed by atoms with Crippen LogP contribution < -0.4 is 5.32 Å². The van der Waals surface area contributed by atoms with Crippen LogP contribution in [-0.2, 0) is 12.6 Å². The quantitative estimate of drug-likeness (QED) is 0.860. The second-order valence-electron chi connectivity index (χ2n) is 6.96. The summed E-state index contributed by atoms with van der Waals surface area (Å²) in [4.78, 5) is 4.29. The summed E-state index contributed by atoms with van der Waals surface area (Å²) < 4.78 is 45.6. The molecule has 25 heavy (non-hydrogen) atoms. The van der Waals surface area contributed by atoms with E-state index in [9.17, 15) is 13.2 Å². The van der Waals surface area contributed by atoms with Crippen LogP contribution in [-0.4, -0.2) is 16.7 Å². The highest BCUT2D eigenvalue weighted by atomic mass is 19.4. The Balaban J connectivity index is 1.60. The maximum atomic E-state index is 13.5. The van der Waals surface area contributed by atoms with Gasteiger partial charge in [-0.3, -0.25) is 0 Å². The highest BCUT2D eigenvalue weighted by Crippen LogP contribution is 2.38. The van der Waals surface area contributed by atoms with Gasteiger partial charge in [0, 0.05) is 5.56 Å². The van der Waals surface area contributed by atoms with E-state index in [1.807, 2.05) is 0 Å². The van der Waals surface area contributed by atoms with Crippen molar-refractivity contribution in [3.05, 3.63) is 35.2 Å². The van der Waals surface area contributed by atoms with Crippen LogP contribution in [0.1, 0.15) is 55.2 Å². The van der Waals surface area contributed by atoms with E-state index in [2.05, 4.69) is 15.5 Å². The molecule has 1 aromatic heterocycles. The molecule has 2 heterocycles. The maximum absolute atomic E-state index is 13.5. The summed E-state index contributed by atoms with van der Waals surface area (Å²) in [5.74, 6) is 1.25. The molecule has 1 saturated heterocycles. The highest BCUT2D eigenvalue weighted by molar-refractivity contribution is 5.57. The van der Waals surface area contributed by atoms with Crippen molar-refractivity contribution in [3.8, 4) is 11.4 Å². The largest absolute Gasteiger partial charge is 0.416 e. The summed E-state index contributed by atoms with van der Waals surface area (Å²) in [6.45, 7) is 0.885. The Morgan fingerprint density at radius 2 is 2.04 bits per heavy atom. The smallest absolute Gasteiger partial charge is 0.337 e. The molecule has 0 bridgehead atoms. The lowest BCUT2D eigenvalue weighted by Crippen LogP contribution is -2.13.